The van der Waals surface area contributed by atoms with Crippen LogP contribution in [0, 0.1) is 5.92 Å². The van der Waals surface area contributed by atoms with Gasteiger partial charge in [0.25, 0.3) is 17.4 Å². The first-order chi connectivity index (χ1) is 24.1. The molecule has 4 heterocycles. The van der Waals surface area contributed by atoms with Crippen molar-refractivity contribution < 1.29 is 46.8 Å². The van der Waals surface area contributed by atoms with Crippen molar-refractivity contribution in [3.05, 3.63) is 40.4 Å². The van der Waals surface area contributed by atoms with Crippen LogP contribution < -0.4 is 26.8 Å². The molecular formula is C31H42N8O10S2. The van der Waals surface area contributed by atoms with E-state index < -0.39 is 58.1 Å². The lowest BCUT2D eigenvalue weighted by molar-refractivity contribution is -0.216. The predicted molar refractivity (Wildman–Crippen MR) is 186 cm³/mol. The third-order valence-corrected chi connectivity index (χ3v) is 10.2. The number of β-lactam (4-membered cyclic amide) rings is 1. The molecule has 278 valence electrons. The third kappa shape index (κ3) is 8.31. The third-order valence-electron chi connectivity index (χ3n) is 9.23. The van der Waals surface area contributed by atoms with Crippen LogP contribution in [-0.4, -0.2) is 109 Å². The molecule has 2 aromatic rings. The van der Waals surface area contributed by atoms with E-state index in [9.17, 15) is 23.7 Å². The highest BCUT2D eigenvalue weighted by atomic mass is 32.2. The van der Waals surface area contributed by atoms with Crippen LogP contribution in [0.5, 0.6) is 5.75 Å². The molecule has 8 N–H and O–H groups in total. The number of nitrogens with zero attached hydrogens (tertiary/aromatic N) is 4. The number of carbonyl (C=O) groups is 3. The van der Waals surface area contributed by atoms with Gasteiger partial charge in [0, 0.05) is 30.6 Å². The van der Waals surface area contributed by atoms with Crippen molar-refractivity contribution in [2.45, 2.75) is 75.8 Å². The second-order valence-corrected chi connectivity index (χ2v) is 14.7. The molecule has 18 nitrogen and oxygen atoms in total. The van der Waals surface area contributed by atoms with Crippen LogP contribution in [0.3, 0.4) is 0 Å². The number of methoxy groups -OCH3 is 1. The molecule has 2 amide bonds. The summed E-state index contributed by atoms with van der Waals surface area (Å²) in [7, 11) is 1.69. The minimum atomic E-state index is -2.77. The lowest BCUT2D eigenvalue weighted by atomic mass is 9.84. The summed E-state index contributed by atoms with van der Waals surface area (Å²) in [5.74, 6) is -1.92. The monoisotopic (exact) mass is 750 g/mol. The summed E-state index contributed by atoms with van der Waals surface area (Å²) in [5, 5.41) is 22.4. The number of carboxylic acids is 1. The van der Waals surface area contributed by atoms with Gasteiger partial charge in [-0.1, -0.05) is 5.16 Å². The Morgan fingerprint density at radius 1 is 1.33 bits per heavy atom. The van der Waals surface area contributed by atoms with Gasteiger partial charge in [-0.25, -0.2) is 9.78 Å². The standard InChI is InChI=1S/C31H42N8O10S2/c1-30(2)24(27(41)39(30)49-51(44)45)37-26(40)23(20-15-50-29(33)36-20)38-48-31(3,28(42)43)22-8-6-17-12-18(5-7-21(17)47-22)25(32)35-13-16-9-10-34-19(11-16)14-46-4/h5,7,12,15-16,19,22,24,34H,6,8-11,13-14H2,1-4H3,(H2,32,35)(H2,33,36)(H,37,40)(H,42,43)(H,44,45)/b38-23-. The second kappa shape index (κ2) is 15.6. The second-order valence-electron chi connectivity index (χ2n) is 13.2. The first-order valence-corrected chi connectivity index (χ1v) is 18.0. The molecule has 0 bridgehead atoms. The Hall–Kier alpha value is -4.21. The van der Waals surface area contributed by atoms with E-state index in [1.165, 1.54) is 26.2 Å². The summed E-state index contributed by atoms with van der Waals surface area (Å²) < 4.78 is 36.2. The molecular weight excluding hydrogens is 709 g/mol. The van der Waals surface area contributed by atoms with Gasteiger partial charge in [0.1, 0.15) is 23.3 Å². The molecule has 51 heavy (non-hydrogen) atoms. The molecule has 3 aliphatic heterocycles. The van der Waals surface area contributed by atoms with E-state index in [0.717, 1.165) is 41.9 Å². The number of rotatable bonds is 14. The minimum absolute atomic E-state index is 0.0338. The molecule has 20 heteroatoms. The molecule has 0 radical (unpaired) electrons. The molecule has 2 saturated heterocycles. The number of aliphatic imine (C=N–C) groups is 1. The highest BCUT2D eigenvalue weighted by molar-refractivity contribution is 7.74. The first-order valence-electron chi connectivity index (χ1n) is 16.1. The topological polar surface area (TPSA) is 263 Å². The number of aromatic nitrogens is 1. The minimum Gasteiger partial charge on any atom is -0.485 e. The zero-order chi connectivity index (χ0) is 37.1. The van der Waals surface area contributed by atoms with Crippen LogP contribution in [0.15, 0.2) is 33.7 Å². The molecule has 0 saturated carbocycles. The average molecular weight is 751 g/mol. The summed E-state index contributed by atoms with van der Waals surface area (Å²) in [6, 6.07) is 4.44. The van der Waals surface area contributed by atoms with Crippen molar-refractivity contribution in [2.75, 3.05) is 32.5 Å². The Kier molecular flexibility index (Phi) is 11.6. The first kappa shape index (κ1) is 38.0. The van der Waals surface area contributed by atoms with Crippen LogP contribution >= 0.6 is 11.3 Å². The van der Waals surface area contributed by atoms with Crippen LogP contribution in [-0.2, 0) is 46.0 Å². The molecule has 3 aliphatic rings. The highest BCUT2D eigenvalue weighted by Crippen LogP contribution is 2.35. The number of anilines is 1. The van der Waals surface area contributed by atoms with Gasteiger partial charge in [0.05, 0.1) is 12.1 Å². The highest BCUT2D eigenvalue weighted by Gasteiger charge is 2.57. The van der Waals surface area contributed by atoms with E-state index in [2.05, 4.69) is 30.0 Å². The number of aliphatic carboxylic acids is 1. The lowest BCUT2D eigenvalue weighted by Gasteiger charge is -2.50. The smallest absolute Gasteiger partial charge is 0.354 e. The number of benzene rings is 1. The van der Waals surface area contributed by atoms with Crippen molar-refractivity contribution in [2.24, 2.45) is 21.8 Å². The normalized spacial score (nSPS) is 25.1. The van der Waals surface area contributed by atoms with E-state index in [1.54, 1.807) is 19.2 Å². The number of ether oxygens (including phenoxy) is 2. The summed E-state index contributed by atoms with van der Waals surface area (Å²) in [6.07, 6.45) is 1.56. The molecule has 0 aliphatic carbocycles. The van der Waals surface area contributed by atoms with E-state index >= 15 is 0 Å². The number of piperidine rings is 1. The van der Waals surface area contributed by atoms with Gasteiger partial charge < -0.3 is 41.5 Å². The van der Waals surface area contributed by atoms with E-state index in [1.807, 2.05) is 6.07 Å². The maximum atomic E-state index is 13.5. The van der Waals surface area contributed by atoms with Gasteiger partial charge in [-0.3, -0.25) is 19.1 Å². The van der Waals surface area contributed by atoms with Crippen LogP contribution in [0.1, 0.15) is 56.9 Å². The van der Waals surface area contributed by atoms with Crippen LogP contribution in [0.25, 0.3) is 0 Å². The zero-order valence-corrected chi connectivity index (χ0v) is 30.1. The lowest BCUT2D eigenvalue weighted by Crippen LogP contribution is -2.76. The largest absolute Gasteiger partial charge is 0.485 e. The number of nitrogens with one attached hydrogen (secondary N) is 2. The average Bonchev–Trinajstić information content (AvgIpc) is 3.53. The summed E-state index contributed by atoms with van der Waals surface area (Å²) in [6.45, 7) is 6.41. The van der Waals surface area contributed by atoms with Gasteiger partial charge in [-0.05, 0) is 82.7 Å². The Morgan fingerprint density at radius 2 is 2.10 bits per heavy atom. The zero-order valence-electron chi connectivity index (χ0n) is 28.5. The summed E-state index contributed by atoms with van der Waals surface area (Å²) >= 11 is -1.77. The fourth-order valence-electron chi connectivity index (χ4n) is 6.21. The number of amidine groups is 1. The molecule has 6 unspecified atom stereocenters. The number of aryl methyl sites for hydroxylation is 1. The van der Waals surface area contributed by atoms with E-state index in [4.69, 9.17) is 30.3 Å². The van der Waals surface area contributed by atoms with Gasteiger partial charge in [0.2, 0.25) is 0 Å². The number of fused-ring (bicyclic) bond motifs is 1. The Bertz CT molecular complexity index is 1730. The van der Waals surface area contributed by atoms with Crippen LogP contribution in [0.2, 0.25) is 0 Å². The molecule has 2 fully saturated rings. The molecule has 6 atom stereocenters. The number of amides is 2. The Labute approximate surface area is 300 Å². The number of hydrogen-bond donors (Lipinski definition) is 6. The SMILES string of the molecule is COCC1CC(CN=C(N)c2ccc3c(c2)CCC(C(C)(O/N=C(\C(=O)NC2C(=O)N(OS(=O)O)C2(C)C)c2csc(N)n2)C(=O)O)O3)CCN1. The number of carboxylic acid groups (broad SMARTS) is 1. The Morgan fingerprint density at radius 3 is 2.75 bits per heavy atom. The number of nitrogen functional groups attached to an aromatic ring is 1. The fraction of sp³-hybridized carbons (Fsp3) is 0.548. The maximum absolute atomic E-state index is 13.5. The molecule has 1 aromatic heterocycles. The van der Waals surface area contributed by atoms with Crippen LogP contribution in [0.4, 0.5) is 5.13 Å². The molecule has 5 rings (SSSR count). The quantitative estimate of drug-likeness (QED) is 0.0508. The number of hydrogen-bond acceptors (Lipinski definition) is 14. The number of thiazole rings is 1. The van der Waals surface area contributed by atoms with Crippen molar-refractivity contribution >= 4 is 57.2 Å². The number of hydroxylamine groups is 2. The van der Waals surface area contributed by atoms with Gasteiger partial charge >= 0.3 is 17.3 Å². The van der Waals surface area contributed by atoms with Gasteiger partial charge in [-0.15, -0.1) is 15.6 Å². The number of carbonyl (C=O) groups excluding carboxylic acids is 2. The Balaban J connectivity index is 1.30. The van der Waals surface area contributed by atoms with Crippen molar-refractivity contribution in [1.29, 1.82) is 0 Å². The molecule has 1 aromatic carbocycles. The van der Waals surface area contributed by atoms with Gasteiger partial charge in [0.15, 0.2) is 16.9 Å². The predicted octanol–water partition coefficient (Wildman–Crippen LogP) is 0.577. The molecule has 0 spiro atoms. The number of oxime groups is 1. The van der Waals surface area contributed by atoms with Gasteiger partial charge in [-0.2, -0.15) is 9.27 Å². The van der Waals surface area contributed by atoms with Crippen molar-refractivity contribution in [3.63, 3.8) is 0 Å². The van der Waals surface area contributed by atoms with E-state index in [0.29, 0.717) is 48.2 Å². The maximum Gasteiger partial charge on any atom is 0.354 e. The van der Waals surface area contributed by atoms with Crippen molar-refractivity contribution in [1.82, 2.24) is 20.7 Å². The summed E-state index contributed by atoms with van der Waals surface area (Å²) in [4.78, 5) is 53.2. The fourth-order valence-corrected chi connectivity index (χ4v) is 7.15. The van der Waals surface area contributed by atoms with Crippen molar-refractivity contribution in [3.8, 4) is 5.75 Å². The number of nitrogens with two attached hydrogens (primary N) is 2. The summed E-state index contributed by atoms with van der Waals surface area (Å²) in [5.41, 5.74) is 9.89. The van der Waals surface area contributed by atoms with E-state index in [-0.39, 0.29) is 17.2 Å².